The smallest absolute Gasteiger partial charge is 0.255 e. The number of nitrogens with one attached hydrogen (secondary N) is 1. The van der Waals surface area contributed by atoms with E-state index >= 15 is 0 Å². The Morgan fingerprint density at radius 2 is 1.81 bits per heavy atom. The van der Waals surface area contributed by atoms with Crippen LogP contribution < -0.4 is 20.5 Å². The number of primary amides is 1. The van der Waals surface area contributed by atoms with Crippen molar-refractivity contribution in [3.8, 4) is 11.5 Å². The van der Waals surface area contributed by atoms with Gasteiger partial charge in [0.15, 0.2) is 18.1 Å². The van der Waals surface area contributed by atoms with E-state index in [1.165, 1.54) is 12.1 Å². The molecule has 2 aromatic carbocycles. The summed E-state index contributed by atoms with van der Waals surface area (Å²) >= 11 is 6.24. The van der Waals surface area contributed by atoms with E-state index in [2.05, 4.69) is 5.32 Å². The normalized spacial score (nSPS) is 10.1. The van der Waals surface area contributed by atoms with Gasteiger partial charge in [-0.15, -0.1) is 12.4 Å². The van der Waals surface area contributed by atoms with Crippen molar-refractivity contribution in [1.29, 1.82) is 0 Å². The molecule has 0 radical (unpaired) electrons. The largest absolute Gasteiger partial charge is 0.490 e. The summed E-state index contributed by atoms with van der Waals surface area (Å²) in [6.45, 7) is 3.11. The highest BCUT2D eigenvalue weighted by Gasteiger charge is 2.13. The van der Waals surface area contributed by atoms with Gasteiger partial charge in [0, 0.05) is 13.1 Å². The molecule has 0 spiro atoms. The Morgan fingerprint density at radius 1 is 1.15 bits per heavy atom. The van der Waals surface area contributed by atoms with E-state index in [0.29, 0.717) is 36.2 Å². The third-order valence-electron chi connectivity index (χ3n) is 3.30. The van der Waals surface area contributed by atoms with Crippen molar-refractivity contribution < 1.29 is 18.7 Å². The molecule has 0 fully saturated rings. The zero-order chi connectivity index (χ0) is 18.2. The molecule has 3 N–H and O–H groups in total. The molecule has 0 heterocycles. The Hall–Kier alpha value is -2.02. The molecule has 2 rings (SSSR count). The summed E-state index contributed by atoms with van der Waals surface area (Å²) in [7, 11) is 0. The first kappa shape index (κ1) is 22.0. The van der Waals surface area contributed by atoms with E-state index < -0.39 is 5.91 Å². The van der Waals surface area contributed by atoms with Crippen LogP contribution in [0.1, 0.15) is 18.1 Å². The molecule has 0 saturated carbocycles. The quantitative estimate of drug-likeness (QED) is 0.673. The molecule has 0 atom stereocenters. The highest BCUT2D eigenvalue weighted by Crippen LogP contribution is 2.36. The summed E-state index contributed by atoms with van der Waals surface area (Å²) in [6, 6.07) is 9.82. The van der Waals surface area contributed by atoms with Crippen LogP contribution >= 0.6 is 24.0 Å². The predicted molar refractivity (Wildman–Crippen MR) is 102 cm³/mol. The van der Waals surface area contributed by atoms with E-state index in [0.717, 1.165) is 11.1 Å². The molecular weight excluding hydrogens is 382 g/mol. The number of hydrogen-bond acceptors (Lipinski definition) is 4. The number of halogens is 3. The van der Waals surface area contributed by atoms with E-state index in [1.807, 2.05) is 6.92 Å². The number of hydrogen-bond donors (Lipinski definition) is 2. The third kappa shape index (κ3) is 6.71. The molecule has 0 aliphatic carbocycles. The molecule has 0 aliphatic heterocycles. The Morgan fingerprint density at radius 3 is 2.42 bits per heavy atom. The minimum absolute atomic E-state index is 0. The van der Waals surface area contributed by atoms with Gasteiger partial charge in [-0.25, -0.2) is 4.39 Å². The number of ether oxygens (including phenoxy) is 2. The molecule has 0 saturated heterocycles. The first-order valence-electron chi connectivity index (χ1n) is 7.81. The lowest BCUT2D eigenvalue weighted by atomic mass is 10.1. The number of nitrogens with two attached hydrogens (primary N) is 1. The lowest BCUT2D eigenvalue weighted by molar-refractivity contribution is -0.119. The molecule has 1 amide bonds. The van der Waals surface area contributed by atoms with Gasteiger partial charge in [-0.1, -0.05) is 23.7 Å². The summed E-state index contributed by atoms with van der Waals surface area (Å²) in [6.07, 6.45) is 0. The van der Waals surface area contributed by atoms with Gasteiger partial charge in [-0.3, -0.25) is 4.79 Å². The maximum absolute atomic E-state index is 12.9. The van der Waals surface area contributed by atoms with Gasteiger partial charge in [0.2, 0.25) is 0 Å². The van der Waals surface area contributed by atoms with Crippen LogP contribution in [0.2, 0.25) is 5.02 Å². The second kappa shape index (κ2) is 10.9. The van der Waals surface area contributed by atoms with E-state index in [9.17, 15) is 9.18 Å². The lowest BCUT2D eigenvalue weighted by Crippen LogP contribution is -2.20. The Bertz CT molecular complexity index is 727. The monoisotopic (exact) mass is 402 g/mol. The number of amides is 1. The van der Waals surface area contributed by atoms with Crippen molar-refractivity contribution in [2.75, 3.05) is 13.2 Å². The molecule has 2 aromatic rings. The summed E-state index contributed by atoms with van der Waals surface area (Å²) in [5.74, 6) is -0.105. The first-order valence-corrected chi connectivity index (χ1v) is 8.19. The molecular formula is C18H21Cl2FN2O3. The van der Waals surface area contributed by atoms with Crippen molar-refractivity contribution in [2.24, 2.45) is 5.73 Å². The molecule has 5 nitrogen and oxygen atoms in total. The SMILES string of the molecule is CCOc1cc(CNCc2ccc(F)cc2)cc(Cl)c1OCC(N)=O.Cl. The number of carbonyl (C=O) groups is 1. The summed E-state index contributed by atoms with van der Waals surface area (Å²) in [5, 5.41) is 3.59. The topological polar surface area (TPSA) is 73.6 Å². The summed E-state index contributed by atoms with van der Waals surface area (Å²) < 4.78 is 23.8. The van der Waals surface area contributed by atoms with Gasteiger partial charge in [0.25, 0.3) is 5.91 Å². The fourth-order valence-corrected chi connectivity index (χ4v) is 2.51. The Labute approximate surface area is 163 Å². The van der Waals surface area contributed by atoms with Crippen molar-refractivity contribution >= 4 is 29.9 Å². The second-order valence-electron chi connectivity index (χ2n) is 5.32. The van der Waals surface area contributed by atoms with Crippen LogP contribution in [0.5, 0.6) is 11.5 Å². The van der Waals surface area contributed by atoms with Gasteiger partial charge in [-0.05, 0) is 42.3 Å². The van der Waals surface area contributed by atoms with Gasteiger partial charge >= 0.3 is 0 Å². The Kier molecular flexibility index (Phi) is 9.19. The van der Waals surface area contributed by atoms with Crippen LogP contribution in [0, 0.1) is 5.82 Å². The number of benzene rings is 2. The standard InChI is InChI=1S/C18H20ClFN2O3.ClH/c1-2-24-16-8-13(7-15(19)18(16)25-11-17(21)23)10-22-9-12-3-5-14(20)6-4-12;/h3-8,22H,2,9-11H2,1H3,(H2,21,23);1H. The van der Waals surface area contributed by atoms with Crippen LogP contribution in [0.4, 0.5) is 4.39 Å². The van der Waals surface area contributed by atoms with Crippen LogP contribution in [-0.2, 0) is 17.9 Å². The van der Waals surface area contributed by atoms with Gasteiger partial charge in [0.05, 0.1) is 11.6 Å². The van der Waals surface area contributed by atoms with E-state index in [-0.39, 0.29) is 24.8 Å². The maximum atomic E-state index is 12.9. The van der Waals surface area contributed by atoms with Gasteiger partial charge < -0.3 is 20.5 Å². The van der Waals surface area contributed by atoms with Gasteiger partial charge in [0.1, 0.15) is 5.82 Å². The fourth-order valence-electron chi connectivity index (χ4n) is 2.22. The molecule has 26 heavy (non-hydrogen) atoms. The lowest BCUT2D eigenvalue weighted by Gasteiger charge is -2.15. The maximum Gasteiger partial charge on any atom is 0.255 e. The zero-order valence-corrected chi connectivity index (χ0v) is 15.8. The number of rotatable bonds is 9. The van der Waals surface area contributed by atoms with Crippen LogP contribution in [0.25, 0.3) is 0 Å². The first-order chi connectivity index (χ1) is 12.0. The van der Waals surface area contributed by atoms with Crippen LogP contribution in [0.15, 0.2) is 36.4 Å². The molecule has 0 aliphatic rings. The summed E-state index contributed by atoms with van der Waals surface area (Å²) in [4.78, 5) is 10.9. The fraction of sp³-hybridized carbons (Fsp3) is 0.278. The number of carbonyl (C=O) groups excluding carboxylic acids is 1. The minimum Gasteiger partial charge on any atom is -0.490 e. The van der Waals surface area contributed by atoms with Crippen LogP contribution in [-0.4, -0.2) is 19.1 Å². The van der Waals surface area contributed by atoms with Crippen molar-refractivity contribution in [3.05, 3.63) is 58.4 Å². The molecule has 0 unspecified atom stereocenters. The highest BCUT2D eigenvalue weighted by molar-refractivity contribution is 6.32. The molecule has 0 bridgehead atoms. The van der Waals surface area contributed by atoms with E-state index in [4.69, 9.17) is 26.8 Å². The highest BCUT2D eigenvalue weighted by atomic mass is 35.5. The molecule has 8 heteroatoms. The third-order valence-corrected chi connectivity index (χ3v) is 3.58. The van der Waals surface area contributed by atoms with Crippen molar-refractivity contribution in [3.63, 3.8) is 0 Å². The van der Waals surface area contributed by atoms with Crippen molar-refractivity contribution in [2.45, 2.75) is 20.0 Å². The molecule has 0 aromatic heterocycles. The second-order valence-corrected chi connectivity index (χ2v) is 5.73. The minimum atomic E-state index is -0.594. The summed E-state index contributed by atoms with van der Waals surface area (Å²) in [5.41, 5.74) is 6.96. The van der Waals surface area contributed by atoms with E-state index in [1.54, 1.807) is 24.3 Å². The Balaban J connectivity index is 0.00000338. The van der Waals surface area contributed by atoms with Crippen molar-refractivity contribution in [1.82, 2.24) is 5.32 Å². The van der Waals surface area contributed by atoms with Gasteiger partial charge in [-0.2, -0.15) is 0 Å². The predicted octanol–water partition coefficient (Wildman–Crippen LogP) is 3.45. The average Bonchev–Trinajstić information content (AvgIpc) is 2.56. The zero-order valence-electron chi connectivity index (χ0n) is 14.3. The van der Waals surface area contributed by atoms with Crippen LogP contribution in [0.3, 0.4) is 0 Å². The molecule has 142 valence electrons. The average molecular weight is 403 g/mol.